The van der Waals surface area contributed by atoms with Gasteiger partial charge in [-0.1, -0.05) is 0 Å². The Morgan fingerprint density at radius 3 is 2.42 bits per heavy atom. The van der Waals surface area contributed by atoms with Crippen LogP contribution in [0.25, 0.3) is 0 Å². The summed E-state index contributed by atoms with van der Waals surface area (Å²) < 4.78 is 5.37. The summed E-state index contributed by atoms with van der Waals surface area (Å²) >= 11 is 0. The normalized spacial score (nSPS) is 18.1. The second-order valence-electron chi connectivity index (χ2n) is 5.02. The van der Waals surface area contributed by atoms with Gasteiger partial charge in [-0.05, 0) is 26.7 Å². The number of aliphatic hydroxyl groups excluding tert-OH is 1. The van der Waals surface area contributed by atoms with E-state index in [1.807, 2.05) is 20.9 Å². The monoisotopic (exact) mass is 266 g/mol. The Morgan fingerprint density at radius 1 is 1.21 bits per heavy atom. The van der Waals surface area contributed by atoms with E-state index in [0.717, 1.165) is 30.0 Å². The molecule has 0 saturated carbocycles. The molecule has 1 aliphatic heterocycles. The molecule has 0 bridgehead atoms. The summed E-state index contributed by atoms with van der Waals surface area (Å²) in [5.74, 6) is 2.31. The summed E-state index contributed by atoms with van der Waals surface area (Å²) in [7, 11) is 1.84. The maximum Gasteiger partial charge on any atom is 0.135 e. The summed E-state index contributed by atoms with van der Waals surface area (Å²) in [4.78, 5) is 8.80. The van der Waals surface area contributed by atoms with Crippen molar-refractivity contribution in [2.45, 2.75) is 32.2 Å². The molecule has 0 spiro atoms. The Kier molecular flexibility index (Phi) is 4.21. The Hall–Kier alpha value is -1.40. The molecular weight excluding hydrogens is 244 g/mol. The molecule has 6 heteroatoms. The molecule has 0 radical (unpaired) electrons. The first-order valence-corrected chi connectivity index (χ1v) is 6.60. The van der Waals surface area contributed by atoms with Gasteiger partial charge in [-0.3, -0.25) is 0 Å². The van der Waals surface area contributed by atoms with Crippen molar-refractivity contribution in [1.82, 2.24) is 9.97 Å². The molecule has 19 heavy (non-hydrogen) atoms. The lowest BCUT2D eigenvalue weighted by Crippen LogP contribution is -2.47. The third kappa shape index (κ3) is 2.96. The lowest BCUT2D eigenvalue weighted by molar-refractivity contribution is 0.0378. The molecule has 0 amide bonds. The molecule has 2 rings (SSSR count). The molecule has 1 aromatic heterocycles. The molecule has 3 N–H and O–H groups in total. The highest BCUT2D eigenvalue weighted by Crippen LogP contribution is 2.28. The number of rotatable bonds is 4. The minimum atomic E-state index is -0.338. The Morgan fingerprint density at radius 2 is 1.84 bits per heavy atom. The molecule has 106 valence electrons. The van der Waals surface area contributed by atoms with Crippen molar-refractivity contribution in [3.05, 3.63) is 11.4 Å². The van der Waals surface area contributed by atoms with Gasteiger partial charge in [0.05, 0.1) is 12.1 Å². The highest BCUT2D eigenvalue weighted by molar-refractivity contribution is 5.58. The van der Waals surface area contributed by atoms with Crippen molar-refractivity contribution >= 4 is 11.6 Å². The molecule has 0 aliphatic carbocycles. The summed E-state index contributed by atoms with van der Waals surface area (Å²) in [5, 5.41) is 16.2. The van der Waals surface area contributed by atoms with Gasteiger partial charge in [0.15, 0.2) is 0 Å². The minimum Gasteiger partial charge on any atom is -0.394 e. The van der Waals surface area contributed by atoms with E-state index in [0.29, 0.717) is 19.0 Å². The van der Waals surface area contributed by atoms with Crippen molar-refractivity contribution in [2.75, 3.05) is 37.5 Å². The average molecular weight is 266 g/mol. The molecule has 0 unspecified atom stereocenters. The van der Waals surface area contributed by atoms with Crippen molar-refractivity contribution < 1.29 is 9.84 Å². The maximum atomic E-state index is 9.71. The molecule has 2 heterocycles. The van der Waals surface area contributed by atoms with E-state index < -0.39 is 0 Å². The van der Waals surface area contributed by atoms with E-state index in [4.69, 9.17) is 4.74 Å². The molecule has 6 nitrogen and oxygen atoms in total. The van der Waals surface area contributed by atoms with Crippen molar-refractivity contribution in [2.24, 2.45) is 0 Å². The predicted molar refractivity (Wildman–Crippen MR) is 74.5 cm³/mol. The number of aryl methyl sites for hydroxylation is 1. The van der Waals surface area contributed by atoms with Gasteiger partial charge in [0.25, 0.3) is 0 Å². The van der Waals surface area contributed by atoms with Crippen LogP contribution in [0.15, 0.2) is 0 Å². The minimum absolute atomic E-state index is 0.0771. The molecule has 1 aliphatic rings. The Balaban J connectivity index is 2.28. The first-order chi connectivity index (χ1) is 9.10. The van der Waals surface area contributed by atoms with E-state index in [1.165, 1.54) is 0 Å². The van der Waals surface area contributed by atoms with Crippen LogP contribution in [0.4, 0.5) is 11.6 Å². The third-order valence-electron chi connectivity index (χ3n) is 3.63. The zero-order valence-corrected chi connectivity index (χ0v) is 11.8. The van der Waals surface area contributed by atoms with Gasteiger partial charge in [-0.2, -0.15) is 0 Å². The highest BCUT2D eigenvalue weighted by Gasteiger charge is 2.32. The fourth-order valence-corrected chi connectivity index (χ4v) is 2.33. The van der Waals surface area contributed by atoms with Crippen LogP contribution in [-0.2, 0) is 4.74 Å². The van der Waals surface area contributed by atoms with Crippen LogP contribution >= 0.6 is 0 Å². The smallest absolute Gasteiger partial charge is 0.135 e. The highest BCUT2D eigenvalue weighted by atomic mass is 16.5. The van der Waals surface area contributed by atoms with E-state index in [1.54, 1.807) is 0 Å². The average Bonchev–Trinajstić information content (AvgIpc) is 2.43. The van der Waals surface area contributed by atoms with Gasteiger partial charge in [-0.15, -0.1) is 0 Å². The third-order valence-corrected chi connectivity index (χ3v) is 3.63. The summed E-state index contributed by atoms with van der Waals surface area (Å²) in [6.45, 7) is 5.23. The van der Waals surface area contributed by atoms with Gasteiger partial charge in [0, 0.05) is 25.8 Å². The van der Waals surface area contributed by atoms with Crippen molar-refractivity contribution in [3.8, 4) is 0 Å². The van der Waals surface area contributed by atoms with Gasteiger partial charge in [-0.25, -0.2) is 9.97 Å². The van der Waals surface area contributed by atoms with Crippen LogP contribution in [-0.4, -0.2) is 47.5 Å². The fourth-order valence-electron chi connectivity index (χ4n) is 2.33. The quantitative estimate of drug-likeness (QED) is 0.757. The zero-order valence-electron chi connectivity index (χ0n) is 11.8. The molecular formula is C13H22N4O2. The van der Waals surface area contributed by atoms with E-state index in [9.17, 15) is 5.11 Å². The summed E-state index contributed by atoms with van der Waals surface area (Å²) in [6.07, 6.45) is 1.56. The van der Waals surface area contributed by atoms with Gasteiger partial charge in [0.2, 0.25) is 0 Å². The number of hydrogen-bond acceptors (Lipinski definition) is 6. The second kappa shape index (κ2) is 5.71. The first-order valence-electron chi connectivity index (χ1n) is 6.60. The first kappa shape index (κ1) is 14.0. The summed E-state index contributed by atoms with van der Waals surface area (Å²) in [5.41, 5.74) is 0.627. The Bertz CT molecular complexity index is 445. The number of hydrogen-bond donors (Lipinski definition) is 3. The summed E-state index contributed by atoms with van der Waals surface area (Å²) in [6, 6.07) is 0. The van der Waals surface area contributed by atoms with E-state index >= 15 is 0 Å². The van der Waals surface area contributed by atoms with Crippen LogP contribution in [0.3, 0.4) is 0 Å². The van der Waals surface area contributed by atoms with Crippen molar-refractivity contribution in [3.63, 3.8) is 0 Å². The number of nitrogens with zero attached hydrogens (tertiary/aromatic N) is 2. The lowest BCUT2D eigenvalue weighted by Gasteiger charge is -2.37. The van der Waals surface area contributed by atoms with Crippen LogP contribution in [0.2, 0.25) is 0 Å². The van der Waals surface area contributed by atoms with Gasteiger partial charge in [0.1, 0.15) is 17.5 Å². The molecule has 1 fully saturated rings. The zero-order chi connectivity index (χ0) is 13.9. The van der Waals surface area contributed by atoms with Gasteiger partial charge < -0.3 is 20.5 Å². The molecule has 1 saturated heterocycles. The lowest BCUT2D eigenvalue weighted by atomic mass is 9.91. The SMILES string of the molecule is CNc1nc(C)nc(NC2(CO)CCOCC2)c1C. The number of nitrogens with one attached hydrogen (secondary N) is 2. The largest absolute Gasteiger partial charge is 0.394 e. The number of anilines is 2. The van der Waals surface area contributed by atoms with E-state index in [-0.39, 0.29) is 12.1 Å². The van der Waals surface area contributed by atoms with Crippen LogP contribution in [0.1, 0.15) is 24.2 Å². The fraction of sp³-hybridized carbons (Fsp3) is 0.692. The van der Waals surface area contributed by atoms with Gasteiger partial charge >= 0.3 is 0 Å². The number of aromatic nitrogens is 2. The van der Waals surface area contributed by atoms with Crippen LogP contribution < -0.4 is 10.6 Å². The number of aliphatic hydroxyl groups is 1. The Labute approximate surface area is 113 Å². The molecule has 0 aromatic carbocycles. The maximum absolute atomic E-state index is 9.71. The second-order valence-corrected chi connectivity index (χ2v) is 5.02. The van der Waals surface area contributed by atoms with Crippen LogP contribution in [0.5, 0.6) is 0 Å². The van der Waals surface area contributed by atoms with Crippen LogP contribution in [0, 0.1) is 13.8 Å². The molecule has 1 aromatic rings. The van der Waals surface area contributed by atoms with E-state index in [2.05, 4.69) is 20.6 Å². The standard InChI is InChI=1S/C13H22N4O2/c1-9-11(14-3)15-10(2)16-12(9)17-13(8-18)4-6-19-7-5-13/h18H,4-8H2,1-3H3,(H2,14,15,16,17). The molecule has 0 atom stereocenters. The van der Waals surface area contributed by atoms with Crippen molar-refractivity contribution in [1.29, 1.82) is 0 Å². The number of ether oxygens (including phenoxy) is 1. The predicted octanol–water partition coefficient (Wildman–Crippen LogP) is 1.09. The topological polar surface area (TPSA) is 79.3 Å².